The number of oxime groups is 1. The van der Waals surface area contributed by atoms with Gasteiger partial charge in [0.2, 0.25) is 0 Å². The Morgan fingerprint density at radius 1 is 1.16 bits per heavy atom. The monoisotopic (exact) mass is 427 g/mol. The summed E-state index contributed by atoms with van der Waals surface area (Å²) < 4.78 is 2.05. The molecule has 0 unspecified atom stereocenters. The van der Waals surface area contributed by atoms with Crippen LogP contribution in [0.4, 0.5) is 0 Å². The number of aliphatic hydroxyl groups is 2. The molecule has 5 rings (SSSR count). The lowest BCUT2D eigenvalue weighted by atomic mass is 9.47. The van der Waals surface area contributed by atoms with E-state index in [2.05, 4.69) is 29.5 Å². The molecule has 0 bridgehead atoms. The number of aliphatic hydroxyl groups excluding tert-OH is 2. The average molecular weight is 428 g/mol. The second-order valence-corrected chi connectivity index (χ2v) is 10.9. The molecule has 4 aliphatic rings. The number of hydrogen-bond acceptors (Lipinski definition) is 5. The Morgan fingerprint density at radius 2 is 2.03 bits per heavy atom. The molecular formula is C25H37N3O3. The first-order valence-electron chi connectivity index (χ1n) is 12.1. The van der Waals surface area contributed by atoms with Crippen LogP contribution in [0, 0.1) is 28.6 Å². The quantitative estimate of drug-likeness (QED) is 0.551. The highest BCUT2D eigenvalue weighted by Gasteiger charge is 2.60. The smallest absolute Gasteiger partial charge is 0.118 e. The molecule has 2 N–H and O–H groups in total. The van der Waals surface area contributed by atoms with Gasteiger partial charge in [0.15, 0.2) is 0 Å². The second-order valence-electron chi connectivity index (χ2n) is 10.9. The van der Waals surface area contributed by atoms with E-state index in [1.54, 1.807) is 6.20 Å². The maximum absolute atomic E-state index is 10.8. The van der Waals surface area contributed by atoms with Gasteiger partial charge in [-0.15, -0.1) is 0 Å². The molecule has 0 radical (unpaired) electrons. The molecule has 0 saturated heterocycles. The zero-order chi connectivity index (χ0) is 21.6. The van der Waals surface area contributed by atoms with Crippen molar-refractivity contribution in [2.45, 2.75) is 84.0 Å². The van der Waals surface area contributed by atoms with E-state index in [1.165, 1.54) is 5.57 Å². The summed E-state index contributed by atoms with van der Waals surface area (Å²) in [6, 6.07) is 0. The Hall–Kier alpha value is -1.66. The molecule has 3 saturated carbocycles. The van der Waals surface area contributed by atoms with Crippen LogP contribution >= 0.6 is 0 Å². The molecule has 4 aliphatic carbocycles. The predicted octanol–water partition coefficient (Wildman–Crippen LogP) is 3.94. The Morgan fingerprint density at radius 3 is 2.84 bits per heavy atom. The number of nitrogens with zero attached hydrogens (tertiary/aromatic N) is 3. The van der Waals surface area contributed by atoms with Crippen LogP contribution in [-0.2, 0) is 11.4 Å². The van der Waals surface area contributed by atoms with Crippen LogP contribution in [-0.4, -0.2) is 44.3 Å². The van der Waals surface area contributed by atoms with Crippen molar-refractivity contribution in [2.24, 2.45) is 33.7 Å². The fraction of sp³-hybridized carbons (Fsp3) is 0.760. The normalized spacial score (nSPS) is 43.2. The molecule has 170 valence electrons. The summed E-state index contributed by atoms with van der Waals surface area (Å²) in [6.45, 7) is 6.16. The standard InChI is InChI=1S/C25H37N3O3/c1-24-8-6-18(29)14-17(24)15-21(27-31-13-3-11-28-12-10-26-16-28)23-19-4-5-22(30)25(19,2)9-7-20(23)24/h10,12,15-16,18-20,22-23,29-30H,3-9,11,13-14H2,1-2H3/t18-,19-,20-,22-,23-,24-,25-/m0/s1. The van der Waals surface area contributed by atoms with E-state index in [0.29, 0.717) is 24.4 Å². The molecule has 0 aliphatic heterocycles. The minimum absolute atomic E-state index is 0.0146. The topological polar surface area (TPSA) is 79.9 Å². The number of aromatic nitrogens is 2. The average Bonchev–Trinajstić information content (AvgIpc) is 3.37. The maximum Gasteiger partial charge on any atom is 0.118 e. The van der Waals surface area contributed by atoms with Crippen LogP contribution in [0.25, 0.3) is 0 Å². The fourth-order valence-corrected chi connectivity index (χ4v) is 7.32. The van der Waals surface area contributed by atoms with Gasteiger partial charge in [0.25, 0.3) is 0 Å². The van der Waals surface area contributed by atoms with Crippen molar-refractivity contribution in [3.8, 4) is 0 Å². The third-order valence-corrected chi connectivity index (χ3v) is 9.27. The molecule has 0 spiro atoms. The van der Waals surface area contributed by atoms with E-state index >= 15 is 0 Å². The first-order chi connectivity index (χ1) is 14.9. The van der Waals surface area contributed by atoms with E-state index < -0.39 is 0 Å². The van der Waals surface area contributed by atoms with E-state index in [-0.39, 0.29) is 23.0 Å². The van der Waals surface area contributed by atoms with Gasteiger partial charge in [0.1, 0.15) is 6.61 Å². The Balaban J connectivity index is 1.40. The maximum atomic E-state index is 10.8. The number of hydrogen-bond donors (Lipinski definition) is 2. The van der Waals surface area contributed by atoms with Gasteiger partial charge >= 0.3 is 0 Å². The second kappa shape index (κ2) is 8.04. The highest BCUT2D eigenvalue weighted by Crippen LogP contribution is 2.64. The van der Waals surface area contributed by atoms with Crippen LogP contribution in [0.1, 0.15) is 65.2 Å². The van der Waals surface area contributed by atoms with Crippen LogP contribution in [0.15, 0.2) is 35.5 Å². The summed E-state index contributed by atoms with van der Waals surface area (Å²) in [5, 5.41) is 25.9. The van der Waals surface area contributed by atoms with Crippen molar-refractivity contribution in [1.29, 1.82) is 0 Å². The molecule has 0 amide bonds. The third kappa shape index (κ3) is 3.56. The lowest BCUT2D eigenvalue weighted by Crippen LogP contribution is -2.54. The zero-order valence-electron chi connectivity index (χ0n) is 18.9. The highest BCUT2D eigenvalue weighted by molar-refractivity contribution is 5.99. The summed E-state index contributed by atoms with van der Waals surface area (Å²) in [5.41, 5.74) is 2.54. The predicted molar refractivity (Wildman–Crippen MR) is 119 cm³/mol. The Labute approximate surface area is 185 Å². The summed E-state index contributed by atoms with van der Waals surface area (Å²) in [5.74, 6) is 1.32. The molecule has 7 atom stereocenters. The first-order valence-corrected chi connectivity index (χ1v) is 12.1. The minimum Gasteiger partial charge on any atom is -0.396 e. The fourth-order valence-electron chi connectivity index (χ4n) is 7.32. The van der Waals surface area contributed by atoms with Gasteiger partial charge in [0, 0.05) is 31.3 Å². The molecular weight excluding hydrogens is 390 g/mol. The van der Waals surface area contributed by atoms with Gasteiger partial charge in [-0.25, -0.2) is 4.98 Å². The Bertz CT molecular complexity index is 850. The van der Waals surface area contributed by atoms with Crippen molar-refractivity contribution in [3.63, 3.8) is 0 Å². The van der Waals surface area contributed by atoms with Crippen LogP contribution in [0.3, 0.4) is 0 Å². The SMILES string of the molecule is C[C@]12CC[C@H]3[C@@H](C(=NOCCCn4ccnc4)C=C4C[C@@H](O)CC[C@@]43C)[C@@H]1CC[C@@H]2O. The van der Waals surface area contributed by atoms with Gasteiger partial charge in [-0.05, 0) is 73.7 Å². The van der Waals surface area contributed by atoms with Crippen molar-refractivity contribution < 1.29 is 15.1 Å². The molecule has 6 heteroatoms. The molecule has 31 heavy (non-hydrogen) atoms. The van der Waals surface area contributed by atoms with Crippen molar-refractivity contribution in [2.75, 3.05) is 6.61 Å². The molecule has 6 nitrogen and oxygen atoms in total. The molecule has 1 aromatic rings. The first kappa shape index (κ1) is 21.2. The largest absolute Gasteiger partial charge is 0.396 e. The molecule has 0 aromatic carbocycles. The van der Waals surface area contributed by atoms with Crippen molar-refractivity contribution in [1.82, 2.24) is 9.55 Å². The van der Waals surface area contributed by atoms with Gasteiger partial charge < -0.3 is 19.6 Å². The van der Waals surface area contributed by atoms with E-state index in [9.17, 15) is 10.2 Å². The zero-order valence-corrected chi connectivity index (χ0v) is 18.9. The number of fused-ring (bicyclic) bond motifs is 5. The van der Waals surface area contributed by atoms with Crippen molar-refractivity contribution >= 4 is 5.71 Å². The number of allylic oxidation sites excluding steroid dienone is 1. The van der Waals surface area contributed by atoms with Crippen LogP contribution in [0.5, 0.6) is 0 Å². The Kier molecular flexibility index (Phi) is 5.50. The number of rotatable bonds is 5. The summed E-state index contributed by atoms with van der Waals surface area (Å²) in [7, 11) is 0. The van der Waals surface area contributed by atoms with Gasteiger partial charge in [-0.1, -0.05) is 24.6 Å². The lowest BCUT2D eigenvalue weighted by molar-refractivity contribution is -0.0495. The van der Waals surface area contributed by atoms with E-state index in [1.807, 2.05) is 12.5 Å². The van der Waals surface area contributed by atoms with Gasteiger partial charge in [-0.2, -0.15) is 0 Å². The summed E-state index contributed by atoms with van der Waals surface area (Å²) >= 11 is 0. The number of aryl methyl sites for hydroxylation is 1. The third-order valence-electron chi connectivity index (χ3n) is 9.27. The summed E-state index contributed by atoms with van der Waals surface area (Å²) in [6.07, 6.45) is 15.1. The lowest BCUT2D eigenvalue weighted by Gasteiger charge is -2.57. The van der Waals surface area contributed by atoms with Gasteiger partial charge in [0.05, 0.1) is 24.2 Å². The highest BCUT2D eigenvalue weighted by atomic mass is 16.6. The minimum atomic E-state index is -0.240. The molecule has 1 heterocycles. The van der Waals surface area contributed by atoms with Gasteiger partial charge in [-0.3, -0.25) is 0 Å². The van der Waals surface area contributed by atoms with Crippen molar-refractivity contribution in [3.05, 3.63) is 30.4 Å². The van der Waals surface area contributed by atoms with Crippen LogP contribution < -0.4 is 0 Å². The molecule has 3 fully saturated rings. The van der Waals surface area contributed by atoms with E-state index in [4.69, 9.17) is 9.99 Å². The molecule has 1 aromatic heterocycles. The number of imidazole rings is 1. The van der Waals surface area contributed by atoms with E-state index in [0.717, 1.165) is 63.6 Å². The van der Waals surface area contributed by atoms with Crippen LogP contribution in [0.2, 0.25) is 0 Å². The summed E-state index contributed by atoms with van der Waals surface area (Å²) in [4.78, 5) is 9.93.